The third kappa shape index (κ3) is 2.20. The van der Waals surface area contributed by atoms with Gasteiger partial charge in [0, 0.05) is 17.1 Å². The number of aromatic nitrogens is 1. The zero-order chi connectivity index (χ0) is 11.7. The van der Waals surface area contributed by atoms with Crippen LogP contribution < -0.4 is 5.32 Å². The Morgan fingerprint density at radius 1 is 1.24 bits per heavy atom. The van der Waals surface area contributed by atoms with Gasteiger partial charge < -0.3 is 10.3 Å². The number of halogens is 1. The molecule has 3 heteroatoms. The number of fused-ring (bicyclic) bond motifs is 1. The highest BCUT2D eigenvalue weighted by Crippen LogP contribution is 2.23. The van der Waals surface area contributed by atoms with Crippen molar-refractivity contribution in [1.29, 1.82) is 0 Å². The molecular formula is C14H17FN2. The van der Waals surface area contributed by atoms with E-state index in [4.69, 9.17) is 0 Å². The lowest BCUT2D eigenvalue weighted by Gasteiger charge is -2.22. The first-order valence-corrected chi connectivity index (χ1v) is 6.29. The molecule has 2 N–H and O–H groups in total. The van der Waals surface area contributed by atoms with Gasteiger partial charge in [0.2, 0.25) is 0 Å². The smallest absolute Gasteiger partial charge is 0.127 e. The maximum atomic E-state index is 13.9. The lowest BCUT2D eigenvalue weighted by molar-refractivity contribution is 0.368. The first kappa shape index (κ1) is 10.8. The van der Waals surface area contributed by atoms with Crippen LogP contribution in [0.25, 0.3) is 10.9 Å². The maximum Gasteiger partial charge on any atom is 0.127 e. The monoisotopic (exact) mass is 232 g/mol. The molecule has 1 fully saturated rings. The summed E-state index contributed by atoms with van der Waals surface area (Å²) in [5.74, 6) is 0.564. The fourth-order valence-electron chi connectivity index (χ4n) is 2.67. The SMILES string of the molecule is Fc1cc2cc[nH]c2cc1CC1CCNCC1. The Morgan fingerprint density at radius 3 is 2.88 bits per heavy atom. The van der Waals surface area contributed by atoms with Gasteiger partial charge >= 0.3 is 0 Å². The number of hydrogen-bond donors (Lipinski definition) is 2. The summed E-state index contributed by atoms with van der Waals surface area (Å²) in [4.78, 5) is 3.15. The topological polar surface area (TPSA) is 27.8 Å². The van der Waals surface area contributed by atoms with Crippen LogP contribution in [0.4, 0.5) is 4.39 Å². The lowest BCUT2D eigenvalue weighted by Crippen LogP contribution is -2.28. The largest absolute Gasteiger partial charge is 0.361 e. The second-order valence-electron chi connectivity index (χ2n) is 4.91. The highest BCUT2D eigenvalue weighted by molar-refractivity contribution is 5.80. The van der Waals surface area contributed by atoms with Crippen molar-refractivity contribution in [2.45, 2.75) is 19.3 Å². The molecule has 1 aromatic heterocycles. The van der Waals surface area contributed by atoms with Crippen LogP contribution >= 0.6 is 0 Å². The Hall–Kier alpha value is -1.35. The molecule has 1 aliphatic heterocycles. The van der Waals surface area contributed by atoms with Crippen molar-refractivity contribution in [2.24, 2.45) is 5.92 Å². The van der Waals surface area contributed by atoms with Gasteiger partial charge in [-0.05, 0) is 62.0 Å². The molecule has 3 rings (SSSR count). The zero-order valence-electron chi connectivity index (χ0n) is 9.80. The Bertz CT molecular complexity index is 512. The molecule has 2 aromatic rings. The summed E-state index contributed by atoms with van der Waals surface area (Å²) in [5.41, 5.74) is 1.89. The summed E-state index contributed by atoms with van der Waals surface area (Å²) in [6.45, 7) is 2.13. The minimum Gasteiger partial charge on any atom is -0.361 e. The van der Waals surface area contributed by atoms with Gasteiger partial charge in [0.25, 0.3) is 0 Å². The van der Waals surface area contributed by atoms with Gasteiger partial charge in [-0.1, -0.05) is 0 Å². The van der Waals surface area contributed by atoms with Crippen LogP contribution in [0.3, 0.4) is 0 Å². The summed E-state index contributed by atoms with van der Waals surface area (Å²) >= 11 is 0. The number of nitrogens with one attached hydrogen (secondary N) is 2. The highest BCUT2D eigenvalue weighted by atomic mass is 19.1. The van der Waals surface area contributed by atoms with Crippen molar-refractivity contribution in [2.75, 3.05) is 13.1 Å². The minimum atomic E-state index is -0.0596. The second-order valence-corrected chi connectivity index (χ2v) is 4.91. The molecule has 1 aliphatic rings. The highest BCUT2D eigenvalue weighted by Gasteiger charge is 2.16. The van der Waals surface area contributed by atoms with Crippen LogP contribution in [0, 0.1) is 11.7 Å². The van der Waals surface area contributed by atoms with Crippen LogP contribution in [-0.4, -0.2) is 18.1 Å². The van der Waals surface area contributed by atoms with Crippen molar-refractivity contribution in [3.63, 3.8) is 0 Å². The van der Waals surface area contributed by atoms with Crippen LogP contribution in [-0.2, 0) is 6.42 Å². The quantitative estimate of drug-likeness (QED) is 0.818. The molecular weight excluding hydrogens is 215 g/mol. The minimum absolute atomic E-state index is 0.0596. The standard InChI is InChI=1S/C14H17FN2/c15-13-8-11-3-6-17-14(11)9-12(13)7-10-1-4-16-5-2-10/h3,6,8-10,16-17H,1-2,4-5,7H2. The van der Waals surface area contributed by atoms with E-state index in [1.54, 1.807) is 6.07 Å². The average Bonchev–Trinajstić information content (AvgIpc) is 2.78. The Labute approximate surface area is 100 Å². The third-order valence-electron chi connectivity index (χ3n) is 3.69. The first-order chi connectivity index (χ1) is 8.33. The Balaban J connectivity index is 1.85. The number of benzene rings is 1. The van der Waals surface area contributed by atoms with Gasteiger partial charge in [-0.25, -0.2) is 4.39 Å². The third-order valence-corrected chi connectivity index (χ3v) is 3.69. The van der Waals surface area contributed by atoms with Gasteiger partial charge in [0.15, 0.2) is 0 Å². The summed E-state index contributed by atoms with van der Waals surface area (Å²) in [5, 5.41) is 4.30. The van der Waals surface area contributed by atoms with Gasteiger partial charge in [0.1, 0.15) is 5.82 Å². The maximum absolute atomic E-state index is 13.9. The van der Waals surface area contributed by atoms with E-state index < -0.39 is 0 Å². The molecule has 0 bridgehead atoms. The fourth-order valence-corrected chi connectivity index (χ4v) is 2.67. The summed E-state index contributed by atoms with van der Waals surface area (Å²) < 4.78 is 13.9. The first-order valence-electron chi connectivity index (χ1n) is 6.29. The summed E-state index contributed by atoms with van der Waals surface area (Å²) in [7, 11) is 0. The van der Waals surface area contributed by atoms with Crippen molar-refractivity contribution >= 4 is 10.9 Å². The zero-order valence-corrected chi connectivity index (χ0v) is 9.80. The molecule has 0 radical (unpaired) electrons. The normalized spacial score (nSPS) is 17.7. The summed E-state index contributed by atoms with van der Waals surface area (Å²) in [6.07, 6.45) is 5.03. The predicted molar refractivity (Wildman–Crippen MR) is 67.6 cm³/mol. The molecule has 1 saturated heterocycles. The Morgan fingerprint density at radius 2 is 2.06 bits per heavy atom. The van der Waals surface area contributed by atoms with Gasteiger partial charge in [-0.2, -0.15) is 0 Å². The molecule has 0 unspecified atom stereocenters. The molecule has 2 nitrogen and oxygen atoms in total. The molecule has 1 aromatic carbocycles. The van der Waals surface area contributed by atoms with E-state index >= 15 is 0 Å². The van der Waals surface area contributed by atoms with Crippen LogP contribution in [0.5, 0.6) is 0 Å². The van der Waals surface area contributed by atoms with Crippen molar-refractivity contribution in [1.82, 2.24) is 10.3 Å². The molecule has 0 saturated carbocycles. The van der Waals surface area contributed by atoms with Crippen LogP contribution in [0.15, 0.2) is 24.4 Å². The van der Waals surface area contributed by atoms with Crippen LogP contribution in [0.2, 0.25) is 0 Å². The second kappa shape index (κ2) is 4.49. The van der Waals surface area contributed by atoms with E-state index in [0.29, 0.717) is 5.92 Å². The number of rotatable bonds is 2. The summed E-state index contributed by atoms with van der Waals surface area (Å²) in [6, 6.07) is 5.52. The lowest BCUT2D eigenvalue weighted by atomic mass is 9.90. The van der Waals surface area contributed by atoms with E-state index in [1.165, 1.54) is 0 Å². The predicted octanol–water partition coefficient (Wildman–Crippen LogP) is 2.85. The van der Waals surface area contributed by atoms with E-state index in [0.717, 1.165) is 48.8 Å². The van der Waals surface area contributed by atoms with E-state index in [1.807, 2.05) is 18.3 Å². The van der Waals surface area contributed by atoms with Gasteiger partial charge in [0.05, 0.1) is 0 Å². The molecule has 0 spiro atoms. The number of hydrogen-bond acceptors (Lipinski definition) is 1. The van der Waals surface area contributed by atoms with E-state index in [9.17, 15) is 4.39 Å². The fraction of sp³-hybridized carbons (Fsp3) is 0.429. The van der Waals surface area contributed by atoms with Crippen LogP contribution in [0.1, 0.15) is 18.4 Å². The van der Waals surface area contributed by atoms with E-state index in [-0.39, 0.29) is 5.82 Å². The van der Waals surface area contributed by atoms with Gasteiger partial charge in [-0.3, -0.25) is 0 Å². The number of H-pyrrole nitrogens is 1. The molecule has 0 aliphatic carbocycles. The number of piperidine rings is 1. The Kier molecular flexibility index (Phi) is 2.85. The van der Waals surface area contributed by atoms with Gasteiger partial charge in [-0.15, -0.1) is 0 Å². The van der Waals surface area contributed by atoms with Crippen molar-refractivity contribution in [3.05, 3.63) is 35.8 Å². The van der Waals surface area contributed by atoms with Crippen molar-refractivity contribution < 1.29 is 4.39 Å². The molecule has 2 heterocycles. The van der Waals surface area contributed by atoms with E-state index in [2.05, 4.69) is 10.3 Å². The molecule has 0 atom stereocenters. The molecule has 90 valence electrons. The number of aromatic amines is 1. The average molecular weight is 232 g/mol. The molecule has 17 heavy (non-hydrogen) atoms. The van der Waals surface area contributed by atoms with Crippen molar-refractivity contribution in [3.8, 4) is 0 Å². The molecule has 0 amide bonds.